The van der Waals surface area contributed by atoms with Crippen LogP contribution in [-0.4, -0.2) is 40.5 Å². The van der Waals surface area contributed by atoms with E-state index >= 15 is 0 Å². The van der Waals surface area contributed by atoms with E-state index in [1.807, 2.05) is 30.6 Å². The summed E-state index contributed by atoms with van der Waals surface area (Å²) in [6, 6.07) is 32.6. The van der Waals surface area contributed by atoms with Gasteiger partial charge < -0.3 is 10.2 Å². The number of aromatic nitrogens is 2. The number of hydrogen-bond donors (Lipinski definition) is 1. The quantitative estimate of drug-likeness (QED) is 0.326. The summed E-state index contributed by atoms with van der Waals surface area (Å²) < 4.78 is 0. The van der Waals surface area contributed by atoms with Crippen molar-refractivity contribution >= 4 is 5.69 Å². The molecule has 2 aromatic carbocycles. The molecule has 0 spiro atoms. The zero-order valence-corrected chi connectivity index (χ0v) is 20.8. The van der Waals surface area contributed by atoms with Crippen LogP contribution >= 0.6 is 0 Å². The van der Waals surface area contributed by atoms with Crippen molar-refractivity contribution in [2.45, 2.75) is 38.5 Å². The average Bonchev–Trinajstić information content (AvgIpc) is 3.43. The third-order valence-electron chi connectivity index (χ3n) is 6.92. The van der Waals surface area contributed by atoms with Gasteiger partial charge in [0.15, 0.2) is 0 Å². The molecule has 5 rings (SSSR count). The lowest BCUT2D eigenvalue weighted by atomic mass is 10.1. The van der Waals surface area contributed by atoms with E-state index in [1.165, 1.54) is 23.2 Å². The predicted octanol–water partition coefficient (Wildman–Crippen LogP) is 5.09. The highest BCUT2D eigenvalue weighted by Crippen LogP contribution is 2.24. The second-order valence-corrected chi connectivity index (χ2v) is 9.51. The summed E-state index contributed by atoms with van der Waals surface area (Å²) in [5.41, 5.74) is 6.23. The molecule has 0 radical (unpaired) electrons. The van der Waals surface area contributed by atoms with Crippen LogP contribution in [0.4, 0.5) is 5.69 Å². The van der Waals surface area contributed by atoms with Crippen LogP contribution in [-0.2, 0) is 26.1 Å². The van der Waals surface area contributed by atoms with Gasteiger partial charge in [0.05, 0.1) is 5.69 Å². The molecule has 0 aliphatic carbocycles. The summed E-state index contributed by atoms with van der Waals surface area (Å²) >= 11 is 0. The zero-order valence-electron chi connectivity index (χ0n) is 20.8. The van der Waals surface area contributed by atoms with Crippen LogP contribution in [0, 0.1) is 0 Å². The summed E-state index contributed by atoms with van der Waals surface area (Å²) in [7, 11) is 0. The van der Waals surface area contributed by atoms with Crippen LogP contribution in [0.15, 0.2) is 103 Å². The Balaban J connectivity index is 1.24. The first kappa shape index (κ1) is 24.2. The maximum Gasteiger partial charge on any atom is 0.0541 e. The van der Waals surface area contributed by atoms with Crippen molar-refractivity contribution in [1.82, 2.24) is 20.2 Å². The average molecular weight is 478 g/mol. The first-order valence-corrected chi connectivity index (χ1v) is 13.0. The number of hydrogen-bond acceptors (Lipinski definition) is 5. The molecule has 0 saturated carbocycles. The summed E-state index contributed by atoms with van der Waals surface area (Å²) in [6.45, 7) is 5.74. The molecule has 1 fully saturated rings. The molecular formula is C31H35N5. The number of benzene rings is 2. The van der Waals surface area contributed by atoms with Crippen LogP contribution in [0.3, 0.4) is 0 Å². The van der Waals surface area contributed by atoms with E-state index in [2.05, 4.69) is 97.9 Å². The van der Waals surface area contributed by atoms with E-state index < -0.39 is 0 Å². The molecule has 0 amide bonds. The molecule has 2 aromatic heterocycles. The van der Waals surface area contributed by atoms with Crippen molar-refractivity contribution < 1.29 is 0 Å². The minimum absolute atomic E-state index is 0.528. The molecule has 4 aromatic rings. The van der Waals surface area contributed by atoms with E-state index in [0.717, 1.165) is 57.1 Å². The molecule has 1 aliphatic heterocycles. The minimum Gasteiger partial charge on any atom is -0.370 e. The molecule has 1 aliphatic rings. The van der Waals surface area contributed by atoms with Crippen molar-refractivity contribution in [3.63, 3.8) is 0 Å². The zero-order chi connectivity index (χ0) is 24.4. The fourth-order valence-corrected chi connectivity index (χ4v) is 5.02. The second-order valence-electron chi connectivity index (χ2n) is 9.51. The van der Waals surface area contributed by atoms with Gasteiger partial charge in [0, 0.05) is 75.5 Å². The van der Waals surface area contributed by atoms with E-state index in [1.54, 1.807) is 0 Å². The van der Waals surface area contributed by atoms with Gasteiger partial charge in [-0.2, -0.15) is 0 Å². The van der Waals surface area contributed by atoms with Gasteiger partial charge in [-0.3, -0.25) is 14.9 Å². The van der Waals surface area contributed by atoms with Crippen molar-refractivity contribution in [3.8, 4) is 0 Å². The number of rotatable bonds is 11. The number of para-hydroxylation sites is 1. The SMILES string of the molecule is c1ccc(N2CCC(N(CCc3ccccn3)Cc3cccc(CNCc4ccccn4)c3)C2)cc1. The number of anilines is 1. The van der Waals surface area contributed by atoms with Crippen LogP contribution in [0.5, 0.6) is 0 Å². The molecule has 1 saturated heterocycles. The number of nitrogens with zero attached hydrogens (tertiary/aromatic N) is 4. The second kappa shape index (κ2) is 12.4. The molecule has 184 valence electrons. The normalized spacial score (nSPS) is 15.5. The number of pyridine rings is 2. The van der Waals surface area contributed by atoms with Crippen LogP contribution in [0.1, 0.15) is 28.9 Å². The Morgan fingerprint density at radius 2 is 1.53 bits per heavy atom. The fourth-order valence-electron chi connectivity index (χ4n) is 5.02. The van der Waals surface area contributed by atoms with Gasteiger partial charge in [0.25, 0.3) is 0 Å². The van der Waals surface area contributed by atoms with Crippen LogP contribution in [0.25, 0.3) is 0 Å². The lowest BCUT2D eigenvalue weighted by Crippen LogP contribution is -2.38. The van der Waals surface area contributed by atoms with E-state index in [4.69, 9.17) is 0 Å². The van der Waals surface area contributed by atoms with Gasteiger partial charge in [-0.05, 0) is 53.9 Å². The highest BCUT2D eigenvalue weighted by Gasteiger charge is 2.28. The van der Waals surface area contributed by atoms with Crippen LogP contribution in [0.2, 0.25) is 0 Å². The fraction of sp³-hybridized carbons (Fsp3) is 0.290. The Hall–Kier alpha value is -3.54. The van der Waals surface area contributed by atoms with E-state index in [-0.39, 0.29) is 0 Å². The van der Waals surface area contributed by atoms with Crippen molar-refractivity contribution in [2.24, 2.45) is 0 Å². The highest BCUT2D eigenvalue weighted by molar-refractivity contribution is 5.47. The smallest absolute Gasteiger partial charge is 0.0541 e. The van der Waals surface area contributed by atoms with Gasteiger partial charge in [0.2, 0.25) is 0 Å². The predicted molar refractivity (Wildman–Crippen MR) is 147 cm³/mol. The maximum absolute atomic E-state index is 4.57. The Morgan fingerprint density at radius 3 is 2.31 bits per heavy atom. The van der Waals surface area contributed by atoms with Gasteiger partial charge >= 0.3 is 0 Å². The molecule has 0 bridgehead atoms. The minimum atomic E-state index is 0.528. The molecule has 1 unspecified atom stereocenters. The van der Waals surface area contributed by atoms with Gasteiger partial charge in [0.1, 0.15) is 0 Å². The Labute approximate surface area is 214 Å². The number of nitrogens with one attached hydrogen (secondary N) is 1. The lowest BCUT2D eigenvalue weighted by molar-refractivity contribution is 0.202. The molecule has 1 N–H and O–H groups in total. The standard InChI is InChI=1S/C31H35N5/c1-2-13-30(14-3-1)36-20-16-31(25-36)35(19-15-28-11-4-6-17-33-28)24-27-10-8-9-26(21-27)22-32-23-29-12-5-7-18-34-29/h1-14,17-18,21,31-32H,15-16,19-20,22-25H2. The van der Waals surface area contributed by atoms with Crippen molar-refractivity contribution in [3.05, 3.63) is 126 Å². The molecule has 5 heteroatoms. The molecular weight excluding hydrogens is 442 g/mol. The summed E-state index contributed by atoms with van der Waals surface area (Å²) in [4.78, 5) is 14.2. The van der Waals surface area contributed by atoms with Crippen molar-refractivity contribution in [2.75, 3.05) is 24.5 Å². The third-order valence-corrected chi connectivity index (χ3v) is 6.92. The monoisotopic (exact) mass is 477 g/mol. The Morgan fingerprint density at radius 1 is 0.778 bits per heavy atom. The maximum atomic E-state index is 4.57. The first-order chi connectivity index (χ1) is 17.8. The molecule has 1 atom stereocenters. The first-order valence-electron chi connectivity index (χ1n) is 13.0. The van der Waals surface area contributed by atoms with Gasteiger partial charge in [-0.1, -0.05) is 54.6 Å². The topological polar surface area (TPSA) is 44.3 Å². The van der Waals surface area contributed by atoms with Gasteiger partial charge in [-0.25, -0.2) is 0 Å². The largest absolute Gasteiger partial charge is 0.370 e. The lowest BCUT2D eigenvalue weighted by Gasteiger charge is -2.29. The summed E-state index contributed by atoms with van der Waals surface area (Å²) in [5.74, 6) is 0. The van der Waals surface area contributed by atoms with Crippen LogP contribution < -0.4 is 10.2 Å². The van der Waals surface area contributed by atoms with Crippen molar-refractivity contribution in [1.29, 1.82) is 0 Å². The summed E-state index contributed by atoms with van der Waals surface area (Å²) in [5, 5.41) is 3.53. The molecule has 5 nitrogen and oxygen atoms in total. The van der Waals surface area contributed by atoms with E-state index in [0.29, 0.717) is 6.04 Å². The molecule has 3 heterocycles. The van der Waals surface area contributed by atoms with Gasteiger partial charge in [-0.15, -0.1) is 0 Å². The molecule has 36 heavy (non-hydrogen) atoms. The highest BCUT2D eigenvalue weighted by atomic mass is 15.3. The Bertz CT molecular complexity index is 1180. The van der Waals surface area contributed by atoms with E-state index in [9.17, 15) is 0 Å². The Kier molecular flexibility index (Phi) is 8.34. The summed E-state index contributed by atoms with van der Waals surface area (Å²) in [6.07, 6.45) is 5.89. The third kappa shape index (κ3) is 6.78.